The smallest absolute Gasteiger partial charge is 0.0427 e. The maximum Gasteiger partial charge on any atom is 0.0427 e. The lowest BCUT2D eigenvalue weighted by Crippen LogP contribution is -2.16. The van der Waals surface area contributed by atoms with Crippen molar-refractivity contribution >= 4 is 5.69 Å². The number of hydrogen-bond donors (Lipinski definition) is 1. The molecule has 0 aliphatic rings. The zero-order valence-electron chi connectivity index (χ0n) is 10.9. The predicted octanol–water partition coefficient (Wildman–Crippen LogP) is 2.74. The Labute approximate surface area is 108 Å². The molecule has 94 valence electrons. The molecule has 18 heavy (non-hydrogen) atoms. The fourth-order valence-corrected chi connectivity index (χ4v) is 1.89. The number of hydrogen-bond acceptors (Lipinski definition) is 3. The molecular formula is C15H19N3. The Balaban J connectivity index is 2.07. The fraction of sp³-hybridized carbons (Fsp3) is 0.267. The minimum Gasteiger partial charge on any atom is -0.370 e. The van der Waals surface area contributed by atoms with E-state index in [1.165, 1.54) is 11.3 Å². The van der Waals surface area contributed by atoms with E-state index in [4.69, 9.17) is 5.73 Å². The molecule has 3 nitrogen and oxygen atoms in total. The summed E-state index contributed by atoms with van der Waals surface area (Å²) in [6.07, 6.45) is 3.64. The molecule has 2 rings (SSSR count). The van der Waals surface area contributed by atoms with Crippen molar-refractivity contribution in [2.75, 3.05) is 11.9 Å². The minimum atomic E-state index is 0.0875. The molecular weight excluding hydrogens is 222 g/mol. The van der Waals surface area contributed by atoms with Crippen LogP contribution in [-0.2, 0) is 6.54 Å². The average molecular weight is 241 g/mol. The van der Waals surface area contributed by atoms with Crippen LogP contribution in [0.15, 0.2) is 48.8 Å². The second-order valence-electron chi connectivity index (χ2n) is 4.59. The molecule has 0 spiro atoms. The number of benzene rings is 1. The zero-order valence-corrected chi connectivity index (χ0v) is 10.9. The number of aromatic nitrogens is 1. The fourth-order valence-electron chi connectivity index (χ4n) is 1.89. The van der Waals surface area contributed by atoms with Gasteiger partial charge in [0.2, 0.25) is 0 Å². The van der Waals surface area contributed by atoms with Crippen molar-refractivity contribution in [1.82, 2.24) is 4.98 Å². The SMILES string of the molecule is CC(N)c1ccc(N(C)Cc2ccncc2)cc1. The Morgan fingerprint density at radius 3 is 2.28 bits per heavy atom. The molecule has 2 N–H and O–H groups in total. The van der Waals surface area contributed by atoms with Gasteiger partial charge in [0.15, 0.2) is 0 Å². The van der Waals surface area contributed by atoms with E-state index in [1.54, 1.807) is 0 Å². The van der Waals surface area contributed by atoms with Crippen LogP contribution < -0.4 is 10.6 Å². The molecule has 1 aromatic carbocycles. The summed E-state index contributed by atoms with van der Waals surface area (Å²) in [4.78, 5) is 6.23. The third kappa shape index (κ3) is 3.08. The van der Waals surface area contributed by atoms with E-state index >= 15 is 0 Å². The summed E-state index contributed by atoms with van der Waals surface area (Å²) in [6, 6.07) is 12.6. The maximum absolute atomic E-state index is 5.84. The average Bonchev–Trinajstić information content (AvgIpc) is 2.40. The highest BCUT2D eigenvalue weighted by molar-refractivity contribution is 5.47. The summed E-state index contributed by atoms with van der Waals surface area (Å²) < 4.78 is 0. The summed E-state index contributed by atoms with van der Waals surface area (Å²) in [6.45, 7) is 2.87. The lowest BCUT2D eigenvalue weighted by molar-refractivity contribution is 0.817. The van der Waals surface area contributed by atoms with Crippen LogP contribution >= 0.6 is 0 Å². The van der Waals surface area contributed by atoms with Gasteiger partial charge in [-0.1, -0.05) is 12.1 Å². The van der Waals surface area contributed by atoms with Crippen LogP contribution in [0.25, 0.3) is 0 Å². The highest BCUT2D eigenvalue weighted by Gasteiger charge is 2.03. The van der Waals surface area contributed by atoms with Crippen LogP contribution in [0.2, 0.25) is 0 Å². The largest absolute Gasteiger partial charge is 0.370 e. The standard InChI is InChI=1S/C15H19N3/c1-12(16)14-3-5-15(6-4-14)18(2)11-13-7-9-17-10-8-13/h3-10,12H,11,16H2,1-2H3. The molecule has 0 aliphatic heterocycles. The van der Waals surface area contributed by atoms with E-state index < -0.39 is 0 Å². The van der Waals surface area contributed by atoms with Gasteiger partial charge in [-0.3, -0.25) is 4.98 Å². The second-order valence-corrected chi connectivity index (χ2v) is 4.59. The first-order valence-electron chi connectivity index (χ1n) is 6.12. The van der Waals surface area contributed by atoms with Crippen LogP contribution in [0.1, 0.15) is 24.1 Å². The van der Waals surface area contributed by atoms with Crippen LogP contribution in [-0.4, -0.2) is 12.0 Å². The maximum atomic E-state index is 5.84. The molecule has 0 saturated carbocycles. The van der Waals surface area contributed by atoms with Crippen molar-refractivity contribution in [3.8, 4) is 0 Å². The van der Waals surface area contributed by atoms with Gasteiger partial charge in [0.05, 0.1) is 0 Å². The first-order chi connectivity index (χ1) is 8.66. The van der Waals surface area contributed by atoms with E-state index in [0.717, 1.165) is 12.1 Å². The van der Waals surface area contributed by atoms with Crippen molar-refractivity contribution in [3.05, 3.63) is 59.9 Å². The third-order valence-corrected chi connectivity index (χ3v) is 3.03. The third-order valence-electron chi connectivity index (χ3n) is 3.03. The molecule has 1 aromatic heterocycles. The zero-order chi connectivity index (χ0) is 13.0. The Bertz CT molecular complexity index is 477. The normalized spacial score (nSPS) is 12.2. The summed E-state index contributed by atoms with van der Waals surface area (Å²) in [5, 5.41) is 0. The Morgan fingerprint density at radius 1 is 1.11 bits per heavy atom. The van der Waals surface area contributed by atoms with E-state index in [1.807, 2.05) is 31.5 Å². The number of nitrogens with zero attached hydrogens (tertiary/aromatic N) is 2. The van der Waals surface area contributed by atoms with E-state index in [-0.39, 0.29) is 6.04 Å². The quantitative estimate of drug-likeness (QED) is 0.895. The Morgan fingerprint density at radius 2 is 1.72 bits per heavy atom. The van der Waals surface area contributed by atoms with Gasteiger partial charge >= 0.3 is 0 Å². The number of rotatable bonds is 4. The highest BCUT2D eigenvalue weighted by Crippen LogP contribution is 2.18. The second kappa shape index (κ2) is 5.65. The van der Waals surface area contributed by atoms with E-state index in [9.17, 15) is 0 Å². The molecule has 3 heteroatoms. The number of pyridine rings is 1. The van der Waals surface area contributed by atoms with Crippen molar-refractivity contribution in [1.29, 1.82) is 0 Å². The van der Waals surface area contributed by atoms with Crippen molar-refractivity contribution < 1.29 is 0 Å². The topological polar surface area (TPSA) is 42.1 Å². The summed E-state index contributed by atoms with van der Waals surface area (Å²) >= 11 is 0. The van der Waals surface area contributed by atoms with Crippen molar-refractivity contribution in [2.24, 2.45) is 5.73 Å². The van der Waals surface area contributed by atoms with Crippen LogP contribution in [0, 0.1) is 0 Å². The van der Waals surface area contributed by atoms with Crippen LogP contribution in [0.4, 0.5) is 5.69 Å². The van der Waals surface area contributed by atoms with Gasteiger partial charge in [0, 0.05) is 37.7 Å². The molecule has 0 bridgehead atoms. The van der Waals surface area contributed by atoms with E-state index in [0.29, 0.717) is 0 Å². The first-order valence-corrected chi connectivity index (χ1v) is 6.12. The number of anilines is 1. The van der Waals surface area contributed by atoms with Gasteiger partial charge in [-0.05, 0) is 42.3 Å². The van der Waals surface area contributed by atoms with E-state index in [2.05, 4.69) is 41.2 Å². The predicted molar refractivity (Wildman–Crippen MR) is 75.4 cm³/mol. The highest BCUT2D eigenvalue weighted by atomic mass is 15.1. The van der Waals surface area contributed by atoms with Gasteiger partial charge in [0.25, 0.3) is 0 Å². The molecule has 1 atom stereocenters. The first kappa shape index (κ1) is 12.6. The molecule has 0 aliphatic carbocycles. The lowest BCUT2D eigenvalue weighted by atomic mass is 10.1. The summed E-state index contributed by atoms with van der Waals surface area (Å²) in [7, 11) is 2.08. The molecule has 0 fully saturated rings. The van der Waals surface area contributed by atoms with Crippen LogP contribution in [0.5, 0.6) is 0 Å². The van der Waals surface area contributed by atoms with Gasteiger partial charge in [0.1, 0.15) is 0 Å². The van der Waals surface area contributed by atoms with Gasteiger partial charge < -0.3 is 10.6 Å². The molecule has 1 unspecified atom stereocenters. The van der Waals surface area contributed by atoms with Gasteiger partial charge in [-0.2, -0.15) is 0 Å². The van der Waals surface area contributed by atoms with Crippen molar-refractivity contribution in [2.45, 2.75) is 19.5 Å². The Hall–Kier alpha value is -1.87. The lowest BCUT2D eigenvalue weighted by Gasteiger charge is -2.20. The summed E-state index contributed by atoms with van der Waals surface area (Å²) in [5.41, 5.74) is 9.45. The molecule has 0 radical (unpaired) electrons. The molecule has 1 heterocycles. The van der Waals surface area contributed by atoms with Crippen LogP contribution in [0.3, 0.4) is 0 Å². The molecule has 0 amide bonds. The monoisotopic (exact) mass is 241 g/mol. The molecule has 0 saturated heterocycles. The Kier molecular flexibility index (Phi) is 3.95. The summed E-state index contributed by atoms with van der Waals surface area (Å²) in [5.74, 6) is 0. The van der Waals surface area contributed by atoms with Gasteiger partial charge in [-0.25, -0.2) is 0 Å². The van der Waals surface area contributed by atoms with Crippen molar-refractivity contribution in [3.63, 3.8) is 0 Å². The van der Waals surface area contributed by atoms with Gasteiger partial charge in [-0.15, -0.1) is 0 Å². The number of nitrogens with two attached hydrogens (primary N) is 1. The molecule has 2 aromatic rings. The minimum absolute atomic E-state index is 0.0875.